The number of hydrogen-bond donors (Lipinski definition) is 0. The molecule has 1 saturated carbocycles. The molecule has 5 nitrogen and oxygen atoms in total. The first-order valence-electron chi connectivity index (χ1n) is 8.85. The van der Waals surface area contributed by atoms with E-state index in [1.54, 1.807) is 10.7 Å². The largest absolute Gasteiger partial charge is 0.340 e. The fourth-order valence-corrected chi connectivity index (χ4v) is 3.70. The van der Waals surface area contributed by atoms with E-state index in [0.717, 1.165) is 38.2 Å². The van der Waals surface area contributed by atoms with Gasteiger partial charge in [-0.3, -0.25) is 14.4 Å². The minimum absolute atomic E-state index is 0.113. The van der Waals surface area contributed by atoms with E-state index in [4.69, 9.17) is 0 Å². The minimum Gasteiger partial charge on any atom is -0.340 e. The molecular weight excluding hydrogens is 319 g/mol. The van der Waals surface area contributed by atoms with Crippen LogP contribution in [0.5, 0.6) is 0 Å². The van der Waals surface area contributed by atoms with E-state index in [0.29, 0.717) is 12.5 Å². The molecule has 25 heavy (non-hydrogen) atoms. The zero-order valence-electron chi connectivity index (χ0n) is 14.4. The van der Waals surface area contributed by atoms with Gasteiger partial charge in [0.25, 0.3) is 0 Å². The van der Waals surface area contributed by atoms with Crippen molar-refractivity contribution in [1.82, 2.24) is 19.6 Å². The summed E-state index contributed by atoms with van der Waals surface area (Å²) in [6.45, 7) is 3.65. The monoisotopic (exact) mass is 342 g/mol. The molecule has 2 atom stereocenters. The van der Waals surface area contributed by atoms with Gasteiger partial charge >= 0.3 is 0 Å². The predicted molar refractivity (Wildman–Crippen MR) is 92.3 cm³/mol. The van der Waals surface area contributed by atoms with Crippen molar-refractivity contribution in [2.45, 2.75) is 18.9 Å². The van der Waals surface area contributed by atoms with Crippen LogP contribution in [0.25, 0.3) is 0 Å². The van der Waals surface area contributed by atoms with Gasteiger partial charge in [0.1, 0.15) is 5.82 Å². The molecule has 0 N–H and O–H groups in total. The molecule has 1 saturated heterocycles. The summed E-state index contributed by atoms with van der Waals surface area (Å²) in [6.07, 6.45) is 4.80. The third-order valence-corrected chi connectivity index (χ3v) is 5.30. The number of carbonyl (C=O) groups is 1. The minimum atomic E-state index is -0.154. The number of nitrogens with zero attached hydrogens (tertiary/aromatic N) is 4. The van der Waals surface area contributed by atoms with E-state index < -0.39 is 0 Å². The van der Waals surface area contributed by atoms with Crippen LogP contribution in [0.3, 0.4) is 0 Å². The molecule has 4 rings (SSSR count). The van der Waals surface area contributed by atoms with E-state index in [2.05, 4.69) is 10.00 Å². The quantitative estimate of drug-likeness (QED) is 0.853. The molecule has 2 aliphatic rings. The number of hydrogen-bond acceptors (Lipinski definition) is 3. The normalized spacial score (nSPS) is 23.7. The number of benzene rings is 1. The van der Waals surface area contributed by atoms with Crippen LogP contribution < -0.4 is 0 Å². The third kappa shape index (κ3) is 3.44. The van der Waals surface area contributed by atoms with Crippen LogP contribution >= 0.6 is 0 Å². The summed E-state index contributed by atoms with van der Waals surface area (Å²) in [4.78, 5) is 16.9. The molecule has 0 radical (unpaired) electrons. The number of amides is 1. The Balaban J connectivity index is 1.29. The lowest BCUT2D eigenvalue weighted by molar-refractivity contribution is -0.134. The van der Waals surface area contributed by atoms with Crippen molar-refractivity contribution >= 4 is 5.91 Å². The van der Waals surface area contributed by atoms with Gasteiger partial charge in [0.15, 0.2) is 0 Å². The maximum absolute atomic E-state index is 13.8. The Hall–Kier alpha value is -2.21. The summed E-state index contributed by atoms with van der Waals surface area (Å²) in [5, 5.41) is 4.20. The van der Waals surface area contributed by atoms with Crippen LogP contribution in [0, 0.1) is 11.7 Å². The molecule has 2 heterocycles. The van der Waals surface area contributed by atoms with Gasteiger partial charge in [-0.25, -0.2) is 4.39 Å². The van der Waals surface area contributed by atoms with Gasteiger partial charge in [-0.1, -0.05) is 18.2 Å². The second-order valence-corrected chi connectivity index (χ2v) is 7.09. The van der Waals surface area contributed by atoms with Gasteiger partial charge in [0.2, 0.25) is 5.91 Å². The van der Waals surface area contributed by atoms with Gasteiger partial charge in [0, 0.05) is 57.4 Å². The summed E-state index contributed by atoms with van der Waals surface area (Å²) < 4.78 is 15.6. The highest BCUT2D eigenvalue weighted by atomic mass is 19.1. The van der Waals surface area contributed by atoms with Crippen LogP contribution in [0.1, 0.15) is 23.5 Å². The van der Waals surface area contributed by atoms with Gasteiger partial charge in [-0.2, -0.15) is 5.10 Å². The first-order chi connectivity index (χ1) is 12.1. The molecule has 0 spiro atoms. The fraction of sp³-hybridized carbons (Fsp3) is 0.474. The summed E-state index contributed by atoms with van der Waals surface area (Å²) in [5.41, 5.74) is 1.89. The van der Waals surface area contributed by atoms with Crippen molar-refractivity contribution in [3.63, 3.8) is 0 Å². The van der Waals surface area contributed by atoms with Crippen molar-refractivity contribution in [2.75, 3.05) is 26.2 Å². The molecule has 132 valence electrons. The first-order valence-corrected chi connectivity index (χ1v) is 8.85. The summed E-state index contributed by atoms with van der Waals surface area (Å²) >= 11 is 0. The van der Waals surface area contributed by atoms with E-state index in [-0.39, 0.29) is 17.6 Å². The molecule has 0 bridgehead atoms. The van der Waals surface area contributed by atoms with Gasteiger partial charge in [-0.05, 0) is 24.0 Å². The van der Waals surface area contributed by atoms with Crippen molar-refractivity contribution in [1.29, 1.82) is 0 Å². The average Bonchev–Trinajstić information content (AvgIpc) is 3.31. The molecule has 1 aromatic carbocycles. The molecule has 1 amide bonds. The Bertz CT molecular complexity index is 766. The fourth-order valence-electron chi connectivity index (χ4n) is 3.70. The van der Waals surface area contributed by atoms with Gasteiger partial charge in [-0.15, -0.1) is 0 Å². The Morgan fingerprint density at radius 2 is 2.00 bits per heavy atom. The third-order valence-electron chi connectivity index (χ3n) is 5.30. The number of halogens is 1. The van der Waals surface area contributed by atoms with Crippen LogP contribution in [-0.2, 0) is 18.4 Å². The van der Waals surface area contributed by atoms with Gasteiger partial charge < -0.3 is 4.90 Å². The maximum atomic E-state index is 13.8. The summed E-state index contributed by atoms with van der Waals surface area (Å²) in [5.74, 6) is 0.553. The van der Waals surface area contributed by atoms with Crippen LogP contribution in [0.15, 0.2) is 36.7 Å². The molecule has 6 heteroatoms. The van der Waals surface area contributed by atoms with Crippen molar-refractivity contribution in [3.8, 4) is 0 Å². The molecule has 2 fully saturated rings. The topological polar surface area (TPSA) is 41.4 Å². The second-order valence-electron chi connectivity index (χ2n) is 7.09. The molecule has 1 aliphatic carbocycles. The van der Waals surface area contributed by atoms with E-state index in [9.17, 15) is 9.18 Å². The summed E-state index contributed by atoms with van der Waals surface area (Å²) in [7, 11) is 1.90. The van der Waals surface area contributed by atoms with Crippen LogP contribution in [-0.4, -0.2) is 51.7 Å². The standard InChI is InChI=1S/C19H23FN4O/c1-22-12-15(11-21-22)16-10-17(16)19(25)24-8-6-23(7-9-24)13-14-4-2-3-5-18(14)20/h2-5,11-12,16-17H,6-10,13H2,1H3/t16-,17-/m0/s1. The predicted octanol–water partition coefficient (Wildman–Crippen LogP) is 2.01. The summed E-state index contributed by atoms with van der Waals surface area (Å²) in [6, 6.07) is 6.91. The zero-order valence-corrected chi connectivity index (χ0v) is 14.4. The lowest BCUT2D eigenvalue weighted by atomic mass is 10.1. The average molecular weight is 342 g/mol. The highest BCUT2D eigenvalue weighted by Crippen LogP contribution is 2.48. The Kier molecular flexibility index (Phi) is 4.29. The van der Waals surface area contributed by atoms with Crippen LogP contribution in [0.4, 0.5) is 4.39 Å². The smallest absolute Gasteiger partial charge is 0.226 e. The maximum Gasteiger partial charge on any atom is 0.226 e. The lowest BCUT2D eigenvalue weighted by Gasteiger charge is -2.35. The number of piperazine rings is 1. The van der Waals surface area contributed by atoms with Crippen molar-refractivity contribution in [3.05, 3.63) is 53.6 Å². The van der Waals surface area contributed by atoms with Crippen LogP contribution in [0.2, 0.25) is 0 Å². The van der Waals surface area contributed by atoms with Crippen molar-refractivity contribution < 1.29 is 9.18 Å². The SMILES string of the molecule is Cn1cc([C@@H]2C[C@@H]2C(=O)N2CCN(Cc3ccccc3F)CC2)cn1. The molecule has 2 aromatic rings. The van der Waals surface area contributed by atoms with E-state index >= 15 is 0 Å². The Morgan fingerprint density at radius 3 is 2.68 bits per heavy atom. The second kappa shape index (κ2) is 6.59. The zero-order chi connectivity index (χ0) is 17.4. The highest BCUT2D eigenvalue weighted by Gasteiger charge is 2.46. The lowest BCUT2D eigenvalue weighted by Crippen LogP contribution is -2.48. The van der Waals surface area contributed by atoms with Gasteiger partial charge in [0.05, 0.1) is 6.20 Å². The Labute approximate surface area is 147 Å². The van der Waals surface area contributed by atoms with Crippen molar-refractivity contribution in [2.24, 2.45) is 13.0 Å². The molecular formula is C19H23FN4O. The molecule has 0 unspecified atom stereocenters. The number of carbonyl (C=O) groups excluding carboxylic acids is 1. The number of aromatic nitrogens is 2. The number of aryl methyl sites for hydroxylation is 1. The van der Waals surface area contributed by atoms with E-state index in [1.165, 1.54) is 11.6 Å². The Morgan fingerprint density at radius 1 is 1.24 bits per heavy atom. The number of rotatable bonds is 4. The molecule has 1 aliphatic heterocycles. The van der Waals surface area contributed by atoms with E-state index in [1.807, 2.05) is 36.5 Å². The highest BCUT2D eigenvalue weighted by molar-refractivity contribution is 5.83. The first kappa shape index (κ1) is 16.3. The molecule has 1 aromatic heterocycles.